The van der Waals surface area contributed by atoms with Crippen LogP contribution in [0, 0.1) is 12.3 Å². The maximum atomic E-state index is 5.35. The average Bonchev–Trinajstić information content (AvgIpc) is 2.90. The van der Waals surface area contributed by atoms with Gasteiger partial charge in [-0.3, -0.25) is 4.90 Å². The van der Waals surface area contributed by atoms with Crippen LogP contribution in [-0.4, -0.2) is 35.6 Å². The van der Waals surface area contributed by atoms with Crippen LogP contribution in [-0.2, 0) is 6.54 Å². The molecule has 1 N–H and O–H groups in total. The second-order valence-electron chi connectivity index (χ2n) is 5.21. The number of hydrogen-bond acceptors (Lipinski definition) is 4. The Hall–Kier alpha value is -1.41. The summed E-state index contributed by atoms with van der Waals surface area (Å²) in [7, 11) is 0. The van der Waals surface area contributed by atoms with E-state index in [0.717, 1.165) is 31.7 Å². The minimum absolute atomic E-state index is 0.594. The van der Waals surface area contributed by atoms with Crippen molar-refractivity contribution in [1.82, 2.24) is 15.2 Å². The maximum Gasteiger partial charge on any atom is 0.108 e. The van der Waals surface area contributed by atoms with E-state index in [1.165, 1.54) is 22.5 Å². The predicted octanol–water partition coefficient (Wildman–Crippen LogP) is 2.48. The first kappa shape index (κ1) is 13.6. The van der Waals surface area contributed by atoms with Crippen molar-refractivity contribution in [3.63, 3.8) is 0 Å². The summed E-state index contributed by atoms with van der Waals surface area (Å²) in [4.78, 5) is 7.00. The van der Waals surface area contributed by atoms with Crippen molar-refractivity contribution in [3.8, 4) is 12.3 Å². The summed E-state index contributed by atoms with van der Waals surface area (Å²) in [5, 5.41) is 4.81. The van der Waals surface area contributed by atoms with Crippen molar-refractivity contribution in [3.05, 3.63) is 29.3 Å². The predicted molar refractivity (Wildman–Crippen MR) is 84.8 cm³/mol. The molecule has 4 heteroatoms. The molecular formula is C16H19N3S. The van der Waals surface area contributed by atoms with Gasteiger partial charge < -0.3 is 5.32 Å². The molecule has 1 aliphatic heterocycles. The van der Waals surface area contributed by atoms with Gasteiger partial charge in [0.05, 0.1) is 16.8 Å². The third-order valence-corrected chi connectivity index (χ3v) is 4.82. The fourth-order valence-corrected chi connectivity index (χ4v) is 3.57. The molecular weight excluding hydrogens is 266 g/mol. The molecule has 0 radical (unpaired) electrons. The molecule has 2 heterocycles. The number of benzene rings is 1. The number of rotatable bonds is 4. The summed E-state index contributed by atoms with van der Waals surface area (Å²) in [6.45, 7) is 3.85. The molecule has 0 amide bonds. The van der Waals surface area contributed by atoms with Crippen LogP contribution in [0.2, 0.25) is 0 Å². The molecule has 1 aliphatic rings. The number of hydrogen-bond donors (Lipinski definition) is 1. The fraction of sp³-hybridized carbons (Fsp3) is 0.438. The summed E-state index contributed by atoms with van der Waals surface area (Å²) in [6.07, 6.45) is 7.70. The standard InChI is InChI=1S/C16H19N3S/c1-2-9-19-10-7-13(8-11-19)17-12-16-18-14-5-3-4-6-15(14)20-16/h1,3-6,13,17H,7-12H2. The molecule has 2 aromatic rings. The fourth-order valence-electron chi connectivity index (χ4n) is 2.65. The van der Waals surface area contributed by atoms with Crippen LogP contribution < -0.4 is 5.32 Å². The van der Waals surface area contributed by atoms with Crippen molar-refractivity contribution >= 4 is 21.6 Å². The second kappa shape index (κ2) is 6.36. The lowest BCUT2D eigenvalue weighted by Gasteiger charge is -2.30. The number of terminal acetylenes is 1. The highest BCUT2D eigenvalue weighted by Crippen LogP contribution is 2.21. The number of fused-ring (bicyclic) bond motifs is 1. The Balaban J connectivity index is 1.51. The first-order chi connectivity index (χ1) is 9.85. The molecule has 0 aliphatic carbocycles. The first-order valence-electron chi connectivity index (χ1n) is 7.09. The van der Waals surface area contributed by atoms with Crippen LogP contribution >= 0.6 is 11.3 Å². The lowest BCUT2D eigenvalue weighted by Crippen LogP contribution is -2.42. The lowest BCUT2D eigenvalue weighted by atomic mass is 10.1. The zero-order valence-corrected chi connectivity index (χ0v) is 12.3. The number of likely N-dealkylation sites (tertiary alicyclic amines) is 1. The third-order valence-electron chi connectivity index (χ3n) is 3.78. The number of nitrogens with one attached hydrogen (secondary N) is 1. The van der Waals surface area contributed by atoms with Crippen molar-refractivity contribution in [1.29, 1.82) is 0 Å². The molecule has 1 fully saturated rings. The molecule has 0 unspecified atom stereocenters. The van der Waals surface area contributed by atoms with Crippen molar-refractivity contribution in [2.75, 3.05) is 19.6 Å². The van der Waals surface area contributed by atoms with Gasteiger partial charge in [-0.05, 0) is 25.0 Å². The second-order valence-corrected chi connectivity index (χ2v) is 6.33. The Bertz CT molecular complexity index is 572. The van der Waals surface area contributed by atoms with Crippen LogP contribution in [0.5, 0.6) is 0 Å². The van der Waals surface area contributed by atoms with E-state index in [0.29, 0.717) is 6.04 Å². The van der Waals surface area contributed by atoms with Crippen LogP contribution in [0.25, 0.3) is 10.2 Å². The SMILES string of the molecule is C#CCN1CCC(NCc2nc3ccccc3s2)CC1. The Morgan fingerprint density at radius 2 is 2.15 bits per heavy atom. The van der Waals surface area contributed by atoms with Gasteiger partial charge in [0.2, 0.25) is 0 Å². The molecule has 1 aromatic carbocycles. The van der Waals surface area contributed by atoms with E-state index in [4.69, 9.17) is 6.42 Å². The van der Waals surface area contributed by atoms with Gasteiger partial charge in [-0.1, -0.05) is 18.1 Å². The van der Waals surface area contributed by atoms with E-state index in [1.807, 2.05) is 6.07 Å². The Morgan fingerprint density at radius 1 is 1.35 bits per heavy atom. The molecule has 3 nitrogen and oxygen atoms in total. The van der Waals surface area contributed by atoms with E-state index in [-0.39, 0.29) is 0 Å². The summed E-state index contributed by atoms with van der Waals surface area (Å²) < 4.78 is 1.27. The Kier molecular flexibility index (Phi) is 4.31. The van der Waals surface area contributed by atoms with Crippen molar-refractivity contribution in [2.45, 2.75) is 25.4 Å². The number of nitrogens with zero attached hydrogens (tertiary/aromatic N) is 2. The average molecular weight is 285 g/mol. The number of thiazole rings is 1. The molecule has 0 atom stereocenters. The molecule has 3 rings (SSSR count). The van der Waals surface area contributed by atoms with Crippen molar-refractivity contribution < 1.29 is 0 Å². The van der Waals surface area contributed by atoms with Crippen LogP contribution in [0.3, 0.4) is 0 Å². The first-order valence-corrected chi connectivity index (χ1v) is 7.90. The summed E-state index contributed by atoms with van der Waals surface area (Å²) >= 11 is 1.78. The van der Waals surface area contributed by atoms with Gasteiger partial charge in [0.1, 0.15) is 5.01 Å². The Labute approximate surface area is 124 Å². The van der Waals surface area contributed by atoms with E-state index >= 15 is 0 Å². The summed E-state index contributed by atoms with van der Waals surface area (Å²) in [5.74, 6) is 2.72. The molecule has 1 aromatic heterocycles. The normalized spacial score (nSPS) is 17.4. The molecule has 1 saturated heterocycles. The largest absolute Gasteiger partial charge is 0.308 e. The molecule has 20 heavy (non-hydrogen) atoms. The minimum atomic E-state index is 0.594. The topological polar surface area (TPSA) is 28.2 Å². The number of aromatic nitrogens is 1. The monoisotopic (exact) mass is 285 g/mol. The van der Waals surface area contributed by atoms with Crippen LogP contribution in [0.1, 0.15) is 17.8 Å². The van der Waals surface area contributed by atoms with Gasteiger partial charge in [-0.15, -0.1) is 17.8 Å². The summed E-state index contributed by atoms with van der Waals surface area (Å²) in [6, 6.07) is 8.91. The van der Waals surface area contributed by atoms with Gasteiger partial charge in [0.25, 0.3) is 0 Å². The van der Waals surface area contributed by atoms with Gasteiger partial charge >= 0.3 is 0 Å². The van der Waals surface area contributed by atoms with Crippen molar-refractivity contribution in [2.24, 2.45) is 0 Å². The molecule has 0 saturated carbocycles. The smallest absolute Gasteiger partial charge is 0.108 e. The van der Waals surface area contributed by atoms with Crippen LogP contribution in [0.15, 0.2) is 24.3 Å². The van der Waals surface area contributed by atoms with E-state index in [1.54, 1.807) is 11.3 Å². The third kappa shape index (κ3) is 3.18. The van der Waals surface area contributed by atoms with E-state index < -0.39 is 0 Å². The zero-order chi connectivity index (χ0) is 13.8. The number of piperidine rings is 1. The number of para-hydroxylation sites is 1. The Morgan fingerprint density at radius 3 is 2.90 bits per heavy atom. The zero-order valence-electron chi connectivity index (χ0n) is 11.5. The highest BCUT2D eigenvalue weighted by molar-refractivity contribution is 7.18. The molecule has 0 spiro atoms. The van der Waals surface area contributed by atoms with E-state index in [2.05, 4.69) is 39.3 Å². The highest BCUT2D eigenvalue weighted by atomic mass is 32.1. The van der Waals surface area contributed by atoms with Gasteiger partial charge in [0, 0.05) is 25.7 Å². The maximum absolute atomic E-state index is 5.35. The minimum Gasteiger partial charge on any atom is -0.308 e. The quantitative estimate of drug-likeness (QED) is 0.875. The van der Waals surface area contributed by atoms with Gasteiger partial charge in [-0.25, -0.2) is 4.98 Å². The summed E-state index contributed by atoms with van der Waals surface area (Å²) in [5.41, 5.74) is 1.11. The lowest BCUT2D eigenvalue weighted by molar-refractivity contribution is 0.217. The highest BCUT2D eigenvalue weighted by Gasteiger charge is 2.18. The molecule has 0 bridgehead atoms. The van der Waals surface area contributed by atoms with Gasteiger partial charge in [0.15, 0.2) is 0 Å². The molecule has 104 valence electrons. The van der Waals surface area contributed by atoms with E-state index in [9.17, 15) is 0 Å². The van der Waals surface area contributed by atoms with Crippen LogP contribution in [0.4, 0.5) is 0 Å². The van der Waals surface area contributed by atoms with Gasteiger partial charge in [-0.2, -0.15) is 0 Å².